The number of pyridine rings is 1. The Bertz CT molecular complexity index is 960. The molecule has 128 valence electrons. The SMILES string of the molecule is CCCc1nc2c(C)cccn2c1C(=O)Nc1cccc(C(=O)O)c1. The molecule has 6 nitrogen and oxygen atoms in total. The lowest BCUT2D eigenvalue weighted by molar-refractivity contribution is 0.0696. The average molecular weight is 337 g/mol. The van der Waals surface area contributed by atoms with E-state index in [1.54, 1.807) is 16.5 Å². The van der Waals surface area contributed by atoms with Gasteiger partial charge in [0.2, 0.25) is 0 Å². The van der Waals surface area contributed by atoms with E-state index in [9.17, 15) is 9.59 Å². The number of hydrogen-bond acceptors (Lipinski definition) is 3. The summed E-state index contributed by atoms with van der Waals surface area (Å²) in [6.45, 7) is 3.99. The van der Waals surface area contributed by atoms with Gasteiger partial charge < -0.3 is 10.4 Å². The number of rotatable bonds is 5. The summed E-state index contributed by atoms with van der Waals surface area (Å²) < 4.78 is 1.79. The van der Waals surface area contributed by atoms with Gasteiger partial charge in [0.25, 0.3) is 5.91 Å². The van der Waals surface area contributed by atoms with E-state index in [-0.39, 0.29) is 11.5 Å². The standard InChI is InChI=1S/C19H19N3O3/c1-3-6-15-16(22-10-5-7-12(2)17(22)21-15)18(23)20-14-9-4-8-13(11-14)19(24)25/h4-5,7-11H,3,6H2,1-2H3,(H,20,23)(H,24,25). The molecule has 0 fully saturated rings. The number of fused-ring (bicyclic) bond motifs is 1. The number of carboxylic acid groups (broad SMARTS) is 1. The second-order valence-corrected chi connectivity index (χ2v) is 5.88. The summed E-state index contributed by atoms with van der Waals surface area (Å²) in [5.41, 5.74) is 3.54. The Balaban J connectivity index is 2.02. The molecule has 25 heavy (non-hydrogen) atoms. The van der Waals surface area contributed by atoms with Crippen molar-refractivity contribution in [2.75, 3.05) is 5.32 Å². The van der Waals surface area contributed by atoms with E-state index < -0.39 is 5.97 Å². The molecule has 3 rings (SSSR count). The number of carbonyl (C=O) groups excluding carboxylic acids is 1. The van der Waals surface area contributed by atoms with Gasteiger partial charge in [0, 0.05) is 11.9 Å². The average Bonchev–Trinajstić information content (AvgIpc) is 2.95. The summed E-state index contributed by atoms with van der Waals surface area (Å²) in [5, 5.41) is 11.9. The predicted octanol–water partition coefficient (Wildman–Crippen LogP) is 3.55. The molecule has 0 aliphatic heterocycles. The van der Waals surface area contributed by atoms with Crippen molar-refractivity contribution in [3.63, 3.8) is 0 Å². The highest BCUT2D eigenvalue weighted by molar-refractivity contribution is 6.05. The molecule has 0 saturated heterocycles. The number of aromatic nitrogens is 2. The molecule has 0 spiro atoms. The third kappa shape index (κ3) is 3.24. The van der Waals surface area contributed by atoms with E-state index in [1.807, 2.05) is 32.2 Å². The maximum atomic E-state index is 12.9. The molecule has 2 heterocycles. The number of amides is 1. The summed E-state index contributed by atoms with van der Waals surface area (Å²) in [4.78, 5) is 28.6. The monoisotopic (exact) mass is 337 g/mol. The molecule has 0 saturated carbocycles. The third-order valence-corrected chi connectivity index (χ3v) is 3.99. The number of aromatic carboxylic acids is 1. The topological polar surface area (TPSA) is 83.7 Å². The molecular weight excluding hydrogens is 318 g/mol. The first-order valence-electron chi connectivity index (χ1n) is 8.12. The van der Waals surface area contributed by atoms with Crippen molar-refractivity contribution in [1.29, 1.82) is 0 Å². The fourth-order valence-electron chi connectivity index (χ4n) is 2.82. The molecule has 0 bridgehead atoms. The van der Waals surface area contributed by atoms with Gasteiger partial charge in [-0.25, -0.2) is 9.78 Å². The Morgan fingerprint density at radius 1 is 1.24 bits per heavy atom. The van der Waals surface area contributed by atoms with E-state index >= 15 is 0 Å². The summed E-state index contributed by atoms with van der Waals surface area (Å²) in [5.74, 6) is -1.34. The Morgan fingerprint density at radius 2 is 2.04 bits per heavy atom. The summed E-state index contributed by atoms with van der Waals surface area (Å²) in [6, 6.07) is 10.0. The van der Waals surface area contributed by atoms with Gasteiger partial charge in [-0.3, -0.25) is 9.20 Å². The van der Waals surface area contributed by atoms with Gasteiger partial charge in [-0.15, -0.1) is 0 Å². The molecule has 0 atom stereocenters. The van der Waals surface area contributed by atoms with Crippen molar-refractivity contribution in [3.8, 4) is 0 Å². The van der Waals surface area contributed by atoms with Crippen LogP contribution in [0.1, 0.15) is 45.4 Å². The van der Waals surface area contributed by atoms with Crippen LogP contribution in [0.15, 0.2) is 42.6 Å². The summed E-state index contributed by atoms with van der Waals surface area (Å²) in [6.07, 6.45) is 3.38. The lowest BCUT2D eigenvalue weighted by Crippen LogP contribution is -2.16. The lowest BCUT2D eigenvalue weighted by atomic mass is 10.2. The van der Waals surface area contributed by atoms with Gasteiger partial charge in [-0.1, -0.05) is 25.5 Å². The van der Waals surface area contributed by atoms with Crippen LogP contribution in [0.5, 0.6) is 0 Å². The van der Waals surface area contributed by atoms with Crippen LogP contribution >= 0.6 is 0 Å². The highest BCUT2D eigenvalue weighted by atomic mass is 16.4. The van der Waals surface area contributed by atoms with Gasteiger partial charge in [-0.2, -0.15) is 0 Å². The minimum Gasteiger partial charge on any atom is -0.478 e. The molecule has 1 amide bonds. The first-order chi connectivity index (χ1) is 12.0. The Labute approximate surface area is 145 Å². The van der Waals surface area contributed by atoms with E-state index in [1.165, 1.54) is 12.1 Å². The van der Waals surface area contributed by atoms with Gasteiger partial charge >= 0.3 is 5.97 Å². The molecule has 1 aromatic carbocycles. The van der Waals surface area contributed by atoms with Gasteiger partial charge in [0.05, 0.1) is 11.3 Å². The normalized spacial score (nSPS) is 10.8. The molecule has 3 aromatic rings. The Hall–Kier alpha value is -3.15. The van der Waals surface area contributed by atoms with Crippen LogP contribution < -0.4 is 5.32 Å². The summed E-state index contributed by atoms with van der Waals surface area (Å²) in [7, 11) is 0. The predicted molar refractivity (Wildman–Crippen MR) is 95.3 cm³/mol. The quantitative estimate of drug-likeness (QED) is 0.746. The molecule has 2 N–H and O–H groups in total. The zero-order chi connectivity index (χ0) is 18.0. The molecule has 0 unspecified atom stereocenters. The largest absolute Gasteiger partial charge is 0.478 e. The second-order valence-electron chi connectivity index (χ2n) is 5.88. The lowest BCUT2D eigenvalue weighted by Gasteiger charge is -2.08. The van der Waals surface area contributed by atoms with Crippen LogP contribution in [0.2, 0.25) is 0 Å². The Morgan fingerprint density at radius 3 is 2.76 bits per heavy atom. The van der Waals surface area contributed by atoms with Crippen molar-refractivity contribution in [2.45, 2.75) is 26.7 Å². The molecule has 0 aliphatic rings. The number of carboxylic acids is 1. The van der Waals surface area contributed by atoms with Crippen molar-refractivity contribution < 1.29 is 14.7 Å². The van der Waals surface area contributed by atoms with Crippen molar-refractivity contribution in [1.82, 2.24) is 9.38 Å². The number of anilines is 1. The van der Waals surface area contributed by atoms with Crippen LogP contribution in [0.3, 0.4) is 0 Å². The number of imidazole rings is 1. The first kappa shape index (κ1) is 16.7. The van der Waals surface area contributed by atoms with E-state index in [4.69, 9.17) is 5.11 Å². The van der Waals surface area contributed by atoms with Crippen molar-refractivity contribution >= 4 is 23.2 Å². The highest BCUT2D eigenvalue weighted by Gasteiger charge is 2.20. The number of carbonyl (C=O) groups is 2. The van der Waals surface area contributed by atoms with Gasteiger partial charge in [-0.05, 0) is 43.2 Å². The van der Waals surface area contributed by atoms with E-state index in [0.717, 1.165) is 23.3 Å². The number of benzene rings is 1. The maximum absolute atomic E-state index is 12.9. The third-order valence-electron chi connectivity index (χ3n) is 3.99. The highest BCUT2D eigenvalue weighted by Crippen LogP contribution is 2.19. The van der Waals surface area contributed by atoms with Gasteiger partial charge in [0.15, 0.2) is 0 Å². The van der Waals surface area contributed by atoms with Crippen LogP contribution in [0.4, 0.5) is 5.69 Å². The molecule has 6 heteroatoms. The molecule has 0 radical (unpaired) electrons. The van der Waals surface area contributed by atoms with Gasteiger partial charge in [0.1, 0.15) is 11.3 Å². The molecule has 0 aliphatic carbocycles. The van der Waals surface area contributed by atoms with E-state index in [0.29, 0.717) is 17.8 Å². The number of aryl methyl sites for hydroxylation is 2. The minimum atomic E-state index is -1.03. The maximum Gasteiger partial charge on any atom is 0.335 e. The molecular formula is C19H19N3O3. The van der Waals surface area contributed by atoms with Crippen LogP contribution in [0.25, 0.3) is 5.65 Å². The second kappa shape index (κ2) is 6.76. The minimum absolute atomic E-state index is 0.126. The van der Waals surface area contributed by atoms with Crippen LogP contribution in [-0.2, 0) is 6.42 Å². The zero-order valence-electron chi connectivity index (χ0n) is 14.1. The first-order valence-corrected chi connectivity index (χ1v) is 8.12. The fraction of sp³-hybridized carbons (Fsp3) is 0.211. The Kier molecular flexibility index (Phi) is 4.52. The van der Waals surface area contributed by atoms with Crippen molar-refractivity contribution in [3.05, 3.63) is 65.1 Å². The van der Waals surface area contributed by atoms with Crippen molar-refractivity contribution in [2.24, 2.45) is 0 Å². The zero-order valence-corrected chi connectivity index (χ0v) is 14.1. The summed E-state index contributed by atoms with van der Waals surface area (Å²) >= 11 is 0. The molecule has 2 aromatic heterocycles. The number of hydrogen-bond donors (Lipinski definition) is 2. The van der Waals surface area contributed by atoms with Crippen LogP contribution in [-0.4, -0.2) is 26.4 Å². The van der Waals surface area contributed by atoms with Crippen LogP contribution in [0, 0.1) is 6.92 Å². The smallest absolute Gasteiger partial charge is 0.335 e. The number of nitrogens with zero attached hydrogens (tertiary/aromatic N) is 2. The number of nitrogens with one attached hydrogen (secondary N) is 1. The fourth-order valence-corrected chi connectivity index (χ4v) is 2.82. The van der Waals surface area contributed by atoms with E-state index in [2.05, 4.69) is 10.3 Å².